The molecule has 0 radical (unpaired) electrons. The third-order valence-electron chi connectivity index (χ3n) is 5.49. The van der Waals surface area contributed by atoms with Gasteiger partial charge in [-0.15, -0.1) is 0 Å². The van der Waals surface area contributed by atoms with Crippen LogP contribution in [0, 0.1) is 0 Å². The van der Waals surface area contributed by atoms with Crippen molar-refractivity contribution in [3.05, 3.63) is 71.8 Å². The molecule has 2 unspecified atom stereocenters. The molecule has 0 aliphatic heterocycles. The number of aromatic nitrogens is 2. The molecule has 7 heteroatoms. The lowest BCUT2D eigenvalue weighted by Gasteiger charge is -2.24. The summed E-state index contributed by atoms with van der Waals surface area (Å²) in [7, 11) is 5.07. The quantitative estimate of drug-likeness (QED) is 0.549. The van der Waals surface area contributed by atoms with Crippen molar-refractivity contribution < 1.29 is 19.0 Å². The van der Waals surface area contributed by atoms with Crippen molar-refractivity contribution in [3.8, 4) is 17.2 Å². The maximum Gasteiger partial charge on any atom is 0.261 e. The van der Waals surface area contributed by atoms with Crippen molar-refractivity contribution in [2.45, 2.75) is 45.3 Å². The summed E-state index contributed by atoms with van der Waals surface area (Å²) in [5, 5.41) is 3.09. The number of hydrogen-bond donors (Lipinski definition) is 1. The molecule has 3 aromatic rings. The second-order valence-electron chi connectivity index (χ2n) is 9.02. The topological polar surface area (TPSA) is 74.6 Å². The molecule has 7 nitrogen and oxygen atoms in total. The van der Waals surface area contributed by atoms with E-state index in [4.69, 9.17) is 14.2 Å². The highest BCUT2D eigenvalue weighted by Crippen LogP contribution is 2.30. The van der Waals surface area contributed by atoms with E-state index in [1.165, 1.54) is 0 Å². The fourth-order valence-corrected chi connectivity index (χ4v) is 3.50. The standard InChI is InChI=1S/C26H33N3O4/c1-17(33-20-10-8-9-19(15-20)26(2,3)4)25(30)28-23(24-27-11-12-29(24)5)18-13-21(31-6)16-22(14-18)32-7/h8-17,23H,1-7H3,(H,28,30). The van der Waals surface area contributed by atoms with Crippen LogP contribution in [0.25, 0.3) is 0 Å². The Morgan fingerprint density at radius 2 is 1.70 bits per heavy atom. The zero-order valence-corrected chi connectivity index (χ0v) is 20.4. The van der Waals surface area contributed by atoms with Gasteiger partial charge in [-0.3, -0.25) is 4.79 Å². The molecule has 2 aromatic carbocycles. The maximum absolute atomic E-state index is 13.2. The molecule has 0 fully saturated rings. The Morgan fingerprint density at radius 1 is 1.03 bits per heavy atom. The summed E-state index contributed by atoms with van der Waals surface area (Å²) in [4.78, 5) is 17.7. The first kappa shape index (κ1) is 24.2. The van der Waals surface area contributed by atoms with Crippen molar-refractivity contribution in [3.63, 3.8) is 0 Å². The molecule has 1 aromatic heterocycles. The number of aryl methyl sites for hydroxylation is 1. The monoisotopic (exact) mass is 451 g/mol. The molecular weight excluding hydrogens is 418 g/mol. The first-order valence-corrected chi connectivity index (χ1v) is 10.9. The van der Waals surface area contributed by atoms with E-state index in [-0.39, 0.29) is 11.3 Å². The predicted molar refractivity (Wildman–Crippen MR) is 128 cm³/mol. The summed E-state index contributed by atoms with van der Waals surface area (Å²) >= 11 is 0. The molecule has 0 saturated carbocycles. The van der Waals surface area contributed by atoms with E-state index in [1.54, 1.807) is 33.4 Å². The van der Waals surface area contributed by atoms with Crippen molar-refractivity contribution in [1.29, 1.82) is 0 Å². The summed E-state index contributed by atoms with van der Waals surface area (Å²) in [6.07, 6.45) is 2.82. The van der Waals surface area contributed by atoms with Gasteiger partial charge in [0.1, 0.15) is 29.1 Å². The fourth-order valence-electron chi connectivity index (χ4n) is 3.50. The largest absolute Gasteiger partial charge is 0.497 e. The van der Waals surface area contributed by atoms with Gasteiger partial charge in [0.2, 0.25) is 0 Å². The molecule has 0 spiro atoms. The second-order valence-corrected chi connectivity index (χ2v) is 9.02. The van der Waals surface area contributed by atoms with Crippen LogP contribution < -0.4 is 19.5 Å². The highest BCUT2D eigenvalue weighted by molar-refractivity contribution is 5.81. The van der Waals surface area contributed by atoms with Gasteiger partial charge < -0.3 is 24.1 Å². The van der Waals surface area contributed by atoms with Crippen LogP contribution in [0.5, 0.6) is 17.2 Å². The molecule has 33 heavy (non-hydrogen) atoms. The van der Waals surface area contributed by atoms with Crippen molar-refractivity contribution in [1.82, 2.24) is 14.9 Å². The van der Waals surface area contributed by atoms with E-state index < -0.39 is 12.1 Å². The van der Waals surface area contributed by atoms with Crippen LogP contribution in [0.3, 0.4) is 0 Å². The molecule has 1 amide bonds. The first-order valence-electron chi connectivity index (χ1n) is 10.9. The van der Waals surface area contributed by atoms with Crippen LogP contribution in [0.4, 0.5) is 0 Å². The lowest BCUT2D eigenvalue weighted by atomic mass is 9.87. The van der Waals surface area contributed by atoms with Crippen molar-refractivity contribution >= 4 is 5.91 Å². The predicted octanol–water partition coefficient (Wildman–Crippen LogP) is 4.41. The molecule has 2 atom stereocenters. The number of hydrogen-bond acceptors (Lipinski definition) is 5. The number of benzene rings is 2. The number of amides is 1. The second kappa shape index (κ2) is 9.98. The summed E-state index contributed by atoms with van der Waals surface area (Å²) in [5.74, 6) is 2.33. The SMILES string of the molecule is COc1cc(OC)cc(C(NC(=O)C(C)Oc2cccc(C(C)(C)C)c2)c2nccn2C)c1. The number of nitrogens with zero attached hydrogens (tertiary/aromatic N) is 2. The molecule has 176 valence electrons. The van der Waals surface area contributed by atoms with Crippen molar-refractivity contribution in [2.75, 3.05) is 14.2 Å². The number of imidazole rings is 1. The number of nitrogens with one attached hydrogen (secondary N) is 1. The summed E-state index contributed by atoms with van der Waals surface area (Å²) < 4.78 is 18.7. The van der Waals surface area contributed by atoms with E-state index >= 15 is 0 Å². The van der Waals surface area contributed by atoms with Gasteiger partial charge in [-0.2, -0.15) is 0 Å². The number of carbonyl (C=O) groups is 1. The van der Waals surface area contributed by atoms with Gasteiger partial charge in [0, 0.05) is 25.5 Å². The molecule has 0 saturated heterocycles. The van der Waals surface area contributed by atoms with Crippen LogP contribution in [0.15, 0.2) is 54.9 Å². The van der Waals surface area contributed by atoms with Gasteiger partial charge in [-0.1, -0.05) is 32.9 Å². The third-order valence-corrected chi connectivity index (χ3v) is 5.49. The fraction of sp³-hybridized carbons (Fsp3) is 0.385. The minimum absolute atomic E-state index is 0.0143. The Balaban J connectivity index is 1.86. The number of methoxy groups -OCH3 is 2. The van der Waals surface area contributed by atoms with E-state index in [9.17, 15) is 4.79 Å². The molecule has 0 aliphatic rings. The zero-order valence-electron chi connectivity index (χ0n) is 20.4. The maximum atomic E-state index is 13.2. The summed E-state index contributed by atoms with van der Waals surface area (Å²) in [5.41, 5.74) is 1.91. The van der Waals surface area contributed by atoms with E-state index in [0.717, 1.165) is 11.1 Å². The van der Waals surface area contributed by atoms with Crippen LogP contribution in [-0.4, -0.2) is 35.8 Å². The van der Waals surface area contributed by atoms with Crippen molar-refractivity contribution in [2.24, 2.45) is 7.05 Å². The lowest BCUT2D eigenvalue weighted by molar-refractivity contribution is -0.127. The number of carbonyl (C=O) groups excluding carboxylic acids is 1. The highest BCUT2D eigenvalue weighted by atomic mass is 16.5. The van der Waals surface area contributed by atoms with Crippen LogP contribution >= 0.6 is 0 Å². The molecule has 0 aliphatic carbocycles. The molecule has 1 heterocycles. The van der Waals surface area contributed by atoms with Gasteiger partial charge in [0.25, 0.3) is 5.91 Å². The molecule has 1 N–H and O–H groups in total. The molecule has 0 bridgehead atoms. The Bertz CT molecular complexity index is 1080. The Hall–Kier alpha value is -3.48. The number of rotatable bonds is 8. The van der Waals surface area contributed by atoms with Crippen LogP contribution in [-0.2, 0) is 17.3 Å². The van der Waals surface area contributed by atoms with Gasteiger partial charge in [0.15, 0.2) is 6.10 Å². The number of ether oxygens (including phenoxy) is 3. The minimum atomic E-state index is -0.713. The average Bonchev–Trinajstić information content (AvgIpc) is 3.21. The zero-order chi connectivity index (χ0) is 24.2. The van der Waals surface area contributed by atoms with Gasteiger partial charge in [-0.05, 0) is 47.7 Å². The van der Waals surface area contributed by atoms with Gasteiger partial charge >= 0.3 is 0 Å². The summed E-state index contributed by atoms with van der Waals surface area (Å²) in [6, 6.07) is 12.8. The Labute approximate surface area is 195 Å². The Morgan fingerprint density at radius 3 is 2.24 bits per heavy atom. The van der Waals surface area contributed by atoms with Crippen LogP contribution in [0.2, 0.25) is 0 Å². The highest BCUT2D eigenvalue weighted by Gasteiger charge is 2.26. The molecular formula is C26H33N3O4. The Kier molecular flexibility index (Phi) is 7.31. The van der Waals surface area contributed by atoms with E-state index in [1.807, 2.05) is 48.1 Å². The minimum Gasteiger partial charge on any atom is -0.497 e. The van der Waals surface area contributed by atoms with Gasteiger partial charge in [0.05, 0.1) is 14.2 Å². The van der Waals surface area contributed by atoms with Crippen LogP contribution in [0.1, 0.15) is 50.7 Å². The third kappa shape index (κ3) is 5.86. The summed E-state index contributed by atoms with van der Waals surface area (Å²) in [6.45, 7) is 8.16. The van der Waals surface area contributed by atoms with Gasteiger partial charge in [-0.25, -0.2) is 4.98 Å². The lowest BCUT2D eigenvalue weighted by Crippen LogP contribution is -2.39. The molecule has 3 rings (SSSR count). The average molecular weight is 452 g/mol. The normalized spacial score (nSPS) is 13.2. The smallest absolute Gasteiger partial charge is 0.261 e. The van der Waals surface area contributed by atoms with E-state index in [0.29, 0.717) is 23.1 Å². The first-order chi connectivity index (χ1) is 15.6. The van der Waals surface area contributed by atoms with E-state index in [2.05, 4.69) is 37.1 Å².